The maximum atomic E-state index is 14.0. The molecule has 2 aromatic rings. The highest BCUT2D eigenvalue weighted by atomic mass is 79.9. The van der Waals surface area contributed by atoms with Gasteiger partial charge >= 0.3 is 0 Å². The molecule has 0 aliphatic carbocycles. The normalized spacial score (nSPS) is 12.3. The predicted octanol–water partition coefficient (Wildman–Crippen LogP) is 4.59. The van der Waals surface area contributed by atoms with Crippen LogP contribution in [0.25, 0.3) is 10.9 Å². The van der Waals surface area contributed by atoms with Gasteiger partial charge in [0.2, 0.25) is 0 Å². The zero-order chi connectivity index (χ0) is 11.9. The third kappa shape index (κ3) is 2.14. The molecule has 0 aliphatic rings. The molecule has 0 amide bonds. The summed E-state index contributed by atoms with van der Waals surface area (Å²) in [6.07, 6.45) is 1.95. The van der Waals surface area contributed by atoms with E-state index in [1.807, 2.05) is 22.9 Å². The Morgan fingerprint density at radius 3 is 2.56 bits per heavy atom. The van der Waals surface area contributed by atoms with E-state index in [-0.39, 0.29) is 11.2 Å². The fourth-order valence-electron chi connectivity index (χ4n) is 1.87. The van der Waals surface area contributed by atoms with Crippen LogP contribution in [0.4, 0.5) is 4.39 Å². The lowest BCUT2D eigenvalue weighted by Gasteiger charge is -2.20. The molecule has 0 bridgehead atoms. The Kier molecular flexibility index (Phi) is 2.82. The van der Waals surface area contributed by atoms with Gasteiger partial charge in [0, 0.05) is 18.1 Å². The first-order valence-corrected chi connectivity index (χ1v) is 6.11. The smallest absolute Gasteiger partial charge is 0.161 e. The quantitative estimate of drug-likeness (QED) is 0.722. The molecule has 0 atom stereocenters. The summed E-state index contributed by atoms with van der Waals surface area (Å²) in [6, 6.07) is 5.64. The van der Waals surface area contributed by atoms with Crippen molar-refractivity contribution < 1.29 is 4.39 Å². The number of hydrogen-bond acceptors (Lipinski definition) is 0. The van der Waals surface area contributed by atoms with Crippen molar-refractivity contribution >= 4 is 26.8 Å². The van der Waals surface area contributed by atoms with E-state index in [0.717, 1.165) is 11.9 Å². The Hall–Kier alpha value is -0.830. The minimum absolute atomic E-state index is 0.140. The molecule has 0 saturated heterocycles. The lowest BCUT2D eigenvalue weighted by molar-refractivity contribution is 0.348. The van der Waals surface area contributed by atoms with E-state index >= 15 is 0 Å². The maximum Gasteiger partial charge on any atom is 0.161 e. The van der Waals surface area contributed by atoms with Gasteiger partial charge in [-0.15, -0.1) is 0 Å². The van der Waals surface area contributed by atoms with Crippen LogP contribution in [0.1, 0.15) is 20.8 Å². The van der Waals surface area contributed by atoms with Crippen molar-refractivity contribution in [2.45, 2.75) is 27.3 Å². The fraction of sp³-hybridized carbons (Fsp3) is 0.385. The molecule has 16 heavy (non-hydrogen) atoms. The molecular formula is C13H15BrFN. The van der Waals surface area contributed by atoms with E-state index in [9.17, 15) is 4.39 Å². The number of halogens is 2. The fourth-order valence-corrected chi connectivity index (χ4v) is 2.19. The highest BCUT2D eigenvalue weighted by Gasteiger charge is 2.15. The minimum Gasteiger partial charge on any atom is -0.345 e. The summed E-state index contributed by atoms with van der Waals surface area (Å²) in [5.74, 6) is -0.174. The highest BCUT2D eigenvalue weighted by molar-refractivity contribution is 9.10. The second kappa shape index (κ2) is 3.88. The largest absolute Gasteiger partial charge is 0.345 e. The zero-order valence-corrected chi connectivity index (χ0v) is 11.3. The average molecular weight is 284 g/mol. The molecule has 0 saturated carbocycles. The molecule has 0 spiro atoms. The molecule has 1 heterocycles. The topological polar surface area (TPSA) is 4.93 Å². The minimum atomic E-state index is -0.174. The summed E-state index contributed by atoms with van der Waals surface area (Å²) in [4.78, 5) is 0. The van der Waals surface area contributed by atoms with Crippen LogP contribution in [0, 0.1) is 11.2 Å². The number of rotatable bonds is 1. The number of nitrogens with zero attached hydrogens (tertiary/aromatic N) is 1. The standard InChI is InChI=1S/C13H15BrFN/c1-13(2,3)8-16-7-6-9-4-5-10(14)11(15)12(9)16/h4-7H,8H2,1-3H3. The summed E-state index contributed by atoms with van der Waals surface area (Å²) in [7, 11) is 0. The van der Waals surface area contributed by atoms with Crippen molar-refractivity contribution in [2.24, 2.45) is 5.41 Å². The third-order valence-corrected chi connectivity index (χ3v) is 3.08. The molecule has 1 aromatic carbocycles. The number of aromatic nitrogens is 1. The first-order chi connectivity index (χ1) is 7.38. The van der Waals surface area contributed by atoms with Crippen LogP contribution in [0.2, 0.25) is 0 Å². The monoisotopic (exact) mass is 283 g/mol. The zero-order valence-electron chi connectivity index (χ0n) is 9.72. The van der Waals surface area contributed by atoms with E-state index in [1.165, 1.54) is 0 Å². The molecule has 3 heteroatoms. The molecule has 0 fully saturated rings. The van der Waals surface area contributed by atoms with Crippen molar-refractivity contribution in [3.8, 4) is 0 Å². The summed E-state index contributed by atoms with van der Waals surface area (Å²) in [5, 5.41) is 0.949. The molecule has 0 unspecified atom stereocenters. The van der Waals surface area contributed by atoms with E-state index in [4.69, 9.17) is 0 Å². The molecule has 86 valence electrons. The van der Waals surface area contributed by atoms with Gasteiger partial charge in [-0.3, -0.25) is 0 Å². The second-order valence-electron chi connectivity index (χ2n) is 5.30. The van der Waals surface area contributed by atoms with Gasteiger partial charge in [0.25, 0.3) is 0 Å². The Bertz CT molecular complexity index is 522. The first kappa shape index (κ1) is 11.6. The van der Waals surface area contributed by atoms with Crippen molar-refractivity contribution in [3.05, 3.63) is 34.7 Å². The van der Waals surface area contributed by atoms with Gasteiger partial charge in [-0.1, -0.05) is 26.8 Å². The van der Waals surface area contributed by atoms with E-state index in [2.05, 4.69) is 36.7 Å². The van der Waals surface area contributed by atoms with Gasteiger partial charge in [0.15, 0.2) is 5.82 Å². The van der Waals surface area contributed by atoms with Crippen molar-refractivity contribution in [1.29, 1.82) is 0 Å². The van der Waals surface area contributed by atoms with Gasteiger partial charge < -0.3 is 4.57 Å². The summed E-state index contributed by atoms with van der Waals surface area (Å²) in [5.41, 5.74) is 0.824. The van der Waals surface area contributed by atoms with Crippen LogP contribution < -0.4 is 0 Å². The Morgan fingerprint density at radius 1 is 1.25 bits per heavy atom. The Morgan fingerprint density at radius 2 is 1.94 bits per heavy atom. The van der Waals surface area contributed by atoms with Gasteiger partial charge in [-0.2, -0.15) is 0 Å². The van der Waals surface area contributed by atoms with E-state index < -0.39 is 0 Å². The first-order valence-electron chi connectivity index (χ1n) is 5.31. The number of benzene rings is 1. The Labute approximate surface area is 103 Å². The molecule has 0 aliphatic heterocycles. The van der Waals surface area contributed by atoms with Crippen LogP contribution in [0.3, 0.4) is 0 Å². The summed E-state index contributed by atoms with van der Waals surface area (Å²) in [6.45, 7) is 7.25. The van der Waals surface area contributed by atoms with E-state index in [0.29, 0.717) is 9.99 Å². The highest BCUT2D eigenvalue weighted by Crippen LogP contribution is 2.28. The predicted molar refractivity (Wildman–Crippen MR) is 69.1 cm³/mol. The lowest BCUT2D eigenvalue weighted by atomic mass is 9.97. The number of fused-ring (bicyclic) bond motifs is 1. The number of hydrogen-bond donors (Lipinski definition) is 0. The summed E-state index contributed by atoms with van der Waals surface area (Å²) < 4.78 is 16.5. The van der Waals surface area contributed by atoms with Crippen LogP contribution in [0.15, 0.2) is 28.9 Å². The maximum absolute atomic E-state index is 14.0. The van der Waals surface area contributed by atoms with Crippen LogP contribution in [0.5, 0.6) is 0 Å². The van der Waals surface area contributed by atoms with Crippen LogP contribution in [-0.2, 0) is 6.54 Å². The van der Waals surface area contributed by atoms with Crippen molar-refractivity contribution in [3.63, 3.8) is 0 Å². The summed E-state index contributed by atoms with van der Waals surface area (Å²) >= 11 is 3.23. The Balaban J connectivity index is 2.59. The van der Waals surface area contributed by atoms with E-state index in [1.54, 1.807) is 6.07 Å². The SMILES string of the molecule is CC(C)(C)Cn1ccc2ccc(Br)c(F)c21. The van der Waals surface area contributed by atoms with Gasteiger partial charge in [-0.05, 0) is 33.5 Å². The second-order valence-corrected chi connectivity index (χ2v) is 6.16. The molecule has 0 N–H and O–H groups in total. The van der Waals surface area contributed by atoms with Gasteiger partial charge in [0.1, 0.15) is 0 Å². The van der Waals surface area contributed by atoms with Gasteiger partial charge in [-0.25, -0.2) is 4.39 Å². The van der Waals surface area contributed by atoms with Gasteiger partial charge in [0.05, 0.1) is 9.99 Å². The van der Waals surface area contributed by atoms with Crippen molar-refractivity contribution in [1.82, 2.24) is 4.57 Å². The van der Waals surface area contributed by atoms with Crippen LogP contribution >= 0.6 is 15.9 Å². The van der Waals surface area contributed by atoms with Crippen LogP contribution in [-0.4, -0.2) is 4.57 Å². The lowest BCUT2D eigenvalue weighted by Crippen LogP contribution is -2.15. The average Bonchev–Trinajstić information content (AvgIpc) is 2.53. The third-order valence-electron chi connectivity index (χ3n) is 2.47. The molecule has 0 radical (unpaired) electrons. The molecule has 1 aromatic heterocycles. The molecule has 1 nitrogen and oxygen atoms in total. The van der Waals surface area contributed by atoms with Crippen molar-refractivity contribution in [2.75, 3.05) is 0 Å². The molecular weight excluding hydrogens is 269 g/mol. The molecule has 2 rings (SSSR count).